The fraction of sp³-hybridized carbons (Fsp3) is 0.789. The monoisotopic (exact) mass is 264 g/mol. The highest BCUT2D eigenvalue weighted by molar-refractivity contribution is 5.01. The Kier molecular flexibility index (Phi) is 7.11. The van der Waals surface area contributed by atoms with Crippen LogP contribution in [0.2, 0.25) is 0 Å². The van der Waals surface area contributed by atoms with Gasteiger partial charge in [0.15, 0.2) is 0 Å². The van der Waals surface area contributed by atoms with E-state index in [0.717, 1.165) is 0 Å². The lowest BCUT2D eigenvalue weighted by molar-refractivity contribution is 0.0997. The van der Waals surface area contributed by atoms with Gasteiger partial charge >= 0.3 is 0 Å². The third kappa shape index (κ3) is 5.55. The number of rotatable bonds is 7. The van der Waals surface area contributed by atoms with E-state index in [4.69, 9.17) is 0 Å². The molecule has 0 aliphatic rings. The molecule has 0 bridgehead atoms. The van der Waals surface area contributed by atoms with Gasteiger partial charge in [0.1, 0.15) is 0 Å². The Balaban J connectivity index is 5.39. The van der Waals surface area contributed by atoms with Crippen molar-refractivity contribution in [3.8, 4) is 0 Å². The van der Waals surface area contributed by atoms with E-state index in [1.54, 1.807) is 0 Å². The Bertz CT molecular complexity index is 245. The van der Waals surface area contributed by atoms with Crippen molar-refractivity contribution >= 4 is 0 Å². The minimum atomic E-state index is 0.271. The van der Waals surface area contributed by atoms with E-state index in [-0.39, 0.29) is 10.8 Å². The predicted molar refractivity (Wildman–Crippen MR) is 89.3 cm³/mol. The number of hydrogen-bond acceptors (Lipinski definition) is 0. The Morgan fingerprint density at radius 2 is 1.21 bits per heavy atom. The molecule has 2 atom stereocenters. The van der Waals surface area contributed by atoms with Gasteiger partial charge in [0.2, 0.25) is 0 Å². The molecule has 0 saturated carbocycles. The van der Waals surface area contributed by atoms with E-state index in [1.807, 2.05) is 0 Å². The maximum absolute atomic E-state index is 4.12. The Morgan fingerprint density at radius 1 is 0.842 bits per heavy atom. The van der Waals surface area contributed by atoms with Crippen molar-refractivity contribution in [2.45, 2.75) is 67.7 Å². The normalized spacial score (nSPS) is 17.6. The van der Waals surface area contributed by atoms with Gasteiger partial charge in [-0.05, 0) is 35.0 Å². The Labute approximate surface area is 122 Å². The van der Waals surface area contributed by atoms with Crippen LogP contribution in [0.15, 0.2) is 25.3 Å². The smallest absolute Gasteiger partial charge is 0.0153 e. The minimum absolute atomic E-state index is 0.271. The van der Waals surface area contributed by atoms with Crippen molar-refractivity contribution < 1.29 is 0 Å². The van der Waals surface area contributed by atoms with E-state index >= 15 is 0 Å². The molecule has 0 aromatic rings. The molecule has 19 heavy (non-hydrogen) atoms. The molecule has 0 spiro atoms. The standard InChI is InChI=1S/C19H36/c1-10-13-14-15(16(11-2)18(4,5)6)17(12-3)19(7,8)9/h11-12,15-17H,2-3,10,13-14H2,1,4-9H3. The van der Waals surface area contributed by atoms with E-state index < -0.39 is 0 Å². The van der Waals surface area contributed by atoms with E-state index in [2.05, 4.69) is 73.8 Å². The number of allylic oxidation sites excluding steroid dienone is 2. The van der Waals surface area contributed by atoms with Gasteiger partial charge in [-0.2, -0.15) is 0 Å². The van der Waals surface area contributed by atoms with Gasteiger partial charge in [-0.25, -0.2) is 0 Å². The molecule has 0 aliphatic carbocycles. The van der Waals surface area contributed by atoms with Crippen LogP contribution in [0.5, 0.6) is 0 Å². The average molecular weight is 264 g/mol. The third-order valence-electron chi connectivity index (χ3n) is 4.32. The molecule has 0 radical (unpaired) electrons. The lowest BCUT2D eigenvalue weighted by Gasteiger charge is -2.43. The Hall–Kier alpha value is -0.520. The summed E-state index contributed by atoms with van der Waals surface area (Å²) in [5.41, 5.74) is 0.541. The van der Waals surface area contributed by atoms with Crippen LogP contribution < -0.4 is 0 Å². The van der Waals surface area contributed by atoms with Crippen LogP contribution in [0.4, 0.5) is 0 Å². The van der Waals surface area contributed by atoms with Crippen molar-refractivity contribution in [2.24, 2.45) is 28.6 Å². The molecule has 0 aromatic carbocycles. The molecule has 0 nitrogen and oxygen atoms in total. The van der Waals surface area contributed by atoms with Gasteiger partial charge < -0.3 is 0 Å². The van der Waals surface area contributed by atoms with Crippen LogP contribution in [-0.4, -0.2) is 0 Å². The average Bonchev–Trinajstić information content (AvgIpc) is 2.23. The van der Waals surface area contributed by atoms with Gasteiger partial charge in [-0.15, -0.1) is 13.2 Å². The molecule has 0 rings (SSSR count). The number of unbranched alkanes of at least 4 members (excludes halogenated alkanes) is 1. The molecular weight excluding hydrogens is 228 g/mol. The SMILES string of the molecule is C=CC(C(CCCC)C(C=C)C(C)(C)C)C(C)(C)C. The first kappa shape index (κ1) is 18.5. The lowest BCUT2D eigenvalue weighted by atomic mass is 9.61. The summed E-state index contributed by atoms with van der Waals surface area (Å²) >= 11 is 0. The topological polar surface area (TPSA) is 0 Å². The van der Waals surface area contributed by atoms with Crippen molar-refractivity contribution in [2.75, 3.05) is 0 Å². The van der Waals surface area contributed by atoms with Gasteiger partial charge in [-0.1, -0.05) is 73.5 Å². The second kappa shape index (κ2) is 7.31. The molecule has 0 aliphatic heterocycles. The molecule has 0 saturated heterocycles. The fourth-order valence-corrected chi connectivity index (χ4v) is 3.36. The minimum Gasteiger partial charge on any atom is -0.103 e. The highest BCUT2D eigenvalue weighted by atomic mass is 14.4. The second-order valence-electron chi connectivity index (χ2n) is 8.06. The summed E-state index contributed by atoms with van der Waals surface area (Å²) in [6, 6.07) is 0. The Morgan fingerprint density at radius 3 is 1.42 bits per heavy atom. The van der Waals surface area contributed by atoms with Crippen LogP contribution in [0, 0.1) is 28.6 Å². The molecule has 0 fully saturated rings. The molecule has 0 N–H and O–H groups in total. The summed E-state index contributed by atoms with van der Waals surface area (Å²) in [6.07, 6.45) is 8.20. The van der Waals surface area contributed by atoms with E-state index in [1.165, 1.54) is 19.3 Å². The predicted octanol–water partition coefficient (Wildman–Crippen LogP) is 6.49. The highest BCUT2D eigenvalue weighted by Gasteiger charge is 2.37. The van der Waals surface area contributed by atoms with Gasteiger partial charge in [0, 0.05) is 0 Å². The zero-order valence-corrected chi connectivity index (χ0v) is 14.4. The first-order valence-electron chi connectivity index (χ1n) is 7.84. The zero-order valence-electron chi connectivity index (χ0n) is 14.4. The summed E-state index contributed by atoms with van der Waals surface area (Å²) in [7, 11) is 0. The second-order valence-corrected chi connectivity index (χ2v) is 8.06. The summed E-state index contributed by atoms with van der Waals surface area (Å²) < 4.78 is 0. The molecular formula is C19H36. The van der Waals surface area contributed by atoms with Crippen LogP contribution >= 0.6 is 0 Å². The van der Waals surface area contributed by atoms with Crippen LogP contribution in [0.25, 0.3) is 0 Å². The van der Waals surface area contributed by atoms with Crippen molar-refractivity contribution in [3.05, 3.63) is 25.3 Å². The maximum atomic E-state index is 4.12. The first-order chi connectivity index (χ1) is 8.59. The summed E-state index contributed by atoms with van der Waals surface area (Å²) in [5.74, 6) is 1.73. The summed E-state index contributed by atoms with van der Waals surface area (Å²) in [4.78, 5) is 0. The molecule has 0 aromatic heterocycles. The van der Waals surface area contributed by atoms with E-state index in [9.17, 15) is 0 Å². The van der Waals surface area contributed by atoms with Crippen LogP contribution in [-0.2, 0) is 0 Å². The quantitative estimate of drug-likeness (QED) is 0.461. The number of hydrogen-bond donors (Lipinski definition) is 0. The summed E-state index contributed by atoms with van der Waals surface area (Å²) in [5, 5.41) is 0. The van der Waals surface area contributed by atoms with Crippen LogP contribution in [0.3, 0.4) is 0 Å². The van der Waals surface area contributed by atoms with Crippen LogP contribution in [0.1, 0.15) is 67.7 Å². The third-order valence-corrected chi connectivity index (χ3v) is 4.32. The molecule has 2 unspecified atom stereocenters. The molecule has 0 heterocycles. The summed E-state index contributed by atoms with van der Waals surface area (Å²) in [6.45, 7) is 24.5. The zero-order chi connectivity index (χ0) is 15.3. The van der Waals surface area contributed by atoms with E-state index in [0.29, 0.717) is 17.8 Å². The first-order valence-corrected chi connectivity index (χ1v) is 7.84. The maximum Gasteiger partial charge on any atom is -0.0153 e. The van der Waals surface area contributed by atoms with Gasteiger partial charge in [0.05, 0.1) is 0 Å². The highest BCUT2D eigenvalue weighted by Crippen LogP contribution is 2.45. The lowest BCUT2D eigenvalue weighted by Crippen LogP contribution is -2.36. The molecule has 0 amide bonds. The van der Waals surface area contributed by atoms with Crippen molar-refractivity contribution in [1.29, 1.82) is 0 Å². The fourth-order valence-electron chi connectivity index (χ4n) is 3.36. The largest absolute Gasteiger partial charge is 0.103 e. The van der Waals surface area contributed by atoms with Gasteiger partial charge in [0.25, 0.3) is 0 Å². The molecule has 0 heteroatoms. The van der Waals surface area contributed by atoms with Crippen molar-refractivity contribution in [1.82, 2.24) is 0 Å². The van der Waals surface area contributed by atoms with Gasteiger partial charge in [-0.3, -0.25) is 0 Å². The van der Waals surface area contributed by atoms with Crippen molar-refractivity contribution in [3.63, 3.8) is 0 Å². The molecule has 112 valence electrons.